The van der Waals surface area contributed by atoms with Crippen LogP contribution >= 0.6 is 0 Å². The van der Waals surface area contributed by atoms with Gasteiger partial charge in [0, 0.05) is 12.6 Å². The van der Waals surface area contributed by atoms with E-state index in [1.54, 1.807) is 12.3 Å². The molecule has 1 aromatic heterocycles. The van der Waals surface area contributed by atoms with E-state index in [1.807, 2.05) is 6.92 Å². The molecule has 1 saturated heterocycles. The summed E-state index contributed by atoms with van der Waals surface area (Å²) in [5, 5.41) is 0. The number of aromatic nitrogens is 2. The molecule has 2 atom stereocenters. The highest BCUT2D eigenvalue weighted by molar-refractivity contribution is 5.69. The highest BCUT2D eigenvalue weighted by atomic mass is 16.6. The fourth-order valence-electron chi connectivity index (χ4n) is 3.26. The molecule has 0 amide bonds. The van der Waals surface area contributed by atoms with Gasteiger partial charge in [0.25, 0.3) is 0 Å². The van der Waals surface area contributed by atoms with Gasteiger partial charge in [0.1, 0.15) is 24.3 Å². The highest BCUT2D eigenvalue weighted by Crippen LogP contribution is 2.38. The largest absolute Gasteiger partial charge is 0.463 e. The van der Waals surface area contributed by atoms with Crippen LogP contribution in [0.1, 0.15) is 77.9 Å². The molecule has 146 valence electrons. The quantitative estimate of drug-likeness (QED) is 0.505. The number of ether oxygens (including phenoxy) is 2. The second kappa shape index (κ2) is 9.71. The Morgan fingerprint density at radius 1 is 1.38 bits per heavy atom. The number of hydrogen-bond acceptors (Lipinski definition) is 6. The number of unbranched alkanes of at least 4 members (excludes halogenated alkanes) is 4. The summed E-state index contributed by atoms with van der Waals surface area (Å²) in [5.41, 5.74) is 4.57. The second-order valence-corrected chi connectivity index (χ2v) is 7.01. The first kappa shape index (κ1) is 20.4. The molecule has 26 heavy (non-hydrogen) atoms. The van der Waals surface area contributed by atoms with E-state index in [4.69, 9.17) is 15.2 Å². The normalized spacial score (nSPS) is 22.5. The molecule has 0 saturated carbocycles. The topological polar surface area (TPSA) is 96.4 Å². The summed E-state index contributed by atoms with van der Waals surface area (Å²) in [5.74, 6) is 0.0200. The SMILES string of the molecule is CCCCCCCC(=O)OC[C@]1(CC)CC[C@H](n2ccc(N)nc2=O)O1. The molecule has 1 aliphatic rings. The van der Waals surface area contributed by atoms with Gasteiger partial charge in [-0.05, 0) is 31.7 Å². The zero-order valence-corrected chi connectivity index (χ0v) is 15.9. The average Bonchev–Trinajstić information content (AvgIpc) is 3.04. The minimum Gasteiger partial charge on any atom is -0.463 e. The van der Waals surface area contributed by atoms with Gasteiger partial charge < -0.3 is 15.2 Å². The number of carbonyl (C=O) groups excluding carboxylic acids is 1. The lowest BCUT2D eigenvalue weighted by atomic mass is 9.98. The molecule has 1 aromatic rings. The summed E-state index contributed by atoms with van der Waals surface area (Å²) in [6, 6.07) is 1.58. The third kappa shape index (κ3) is 5.56. The Kier molecular flexibility index (Phi) is 7.63. The van der Waals surface area contributed by atoms with Gasteiger partial charge in [-0.3, -0.25) is 9.36 Å². The fourth-order valence-corrected chi connectivity index (χ4v) is 3.26. The van der Waals surface area contributed by atoms with Crippen LogP contribution in [-0.4, -0.2) is 27.7 Å². The van der Waals surface area contributed by atoms with Crippen molar-refractivity contribution < 1.29 is 14.3 Å². The average molecular weight is 365 g/mol. The van der Waals surface area contributed by atoms with Crippen LogP contribution in [0.3, 0.4) is 0 Å². The van der Waals surface area contributed by atoms with Crippen molar-refractivity contribution in [2.24, 2.45) is 0 Å². The Bertz CT molecular complexity index is 646. The lowest BCUT2D eigenvalue weighted by molar-refractivity contribution is -0.159. The van der Waals surface area contributed by atoms with Crippen molar-refractivity contribution in [3.8, 4) is 0 Å². The Morgan fingerprint density at radius 2 is 2.15 bits per heavy atom. The predicted molar refractivity (Wildman–Crippen MR) is 99.6 cm³/mol. The molecule has 7 heteroatoms. The molecular weight excluding hydrogens is 334 g/mol. The Balaban J connectivity index is 1.84. The number of rotatable bonds is 10. The summed E-state index contributed by atoms with van der Waals surface area (Å²) in [7, 11) is 0. The molecule has 0 radical (unpaired) electrons. The molecule has 0 aromatic carbocycles. The van der Waals surface area contributed by atoms with Crippen LogP contribution in [0.4, 0.5) is 5.82 Å². The van der Waals surface area contributed by atoms with Crippen LogP contribution in [0.2, 0.25) is 0 Å². The van der Waals surface area contributed by atoms with E-state index >= 15 is 0 Å². The first-order chi connectivity index (χ1) is 12.5. The number of nitrogens with two attached hydrogens (primary N) is 1. The van der Waals surface area contributed by atoms with Crippen molar-refractivity contribution in [2.75, 3.05) is 12.3 Å². The molecule has 1 aliphatic heterocycles. The maximum Gasteiger partial charge on any atom is 0.351 e. The van der Waals surface area contributed by atoms with Crippen LogP contribution in [-0.2, 0) is 14.3 Å². The van der Waals surface area contributed by atoms with E-state index in [9.17, 15) is 9.59 Å². The zero-order valence-electron chi connectivity index (χ0n) is 15.9. The first-order valence-electron chi connectivity index (χ1n) is 9.68. The molecule has 2 rings (SSSR count). The molecule has 2 N–H and O–H groups in total. The molecular formula is C19H31N3O4. The van der Waals surface area contributed by atoms with E-state index in [1.165, 1.54) is 17.4 Å². The number of anilines is 1. The molecule has 7 nitrogen and oxygen atoms in total. The van der Waals surface area contributed by atoms with E-state index in [0.29, 0.717) is 19.3 Å². The molecule has 0 aliphatic carbocycles. The van der Waals surface area contributed by atoms with Gasteiger partial charge in [0.2, 0.25) is 0 Å². The highest BCUT2D eigenvalue weighted by Gasteiger charge is 2.41. The Labute approximate surface area is 154 Å². The standard InChI is InChI=1S/C19H31N3O4/c1-3-5-6-7-8-9-17(23)25-14-19(4-2)12-10-16(26-19)22-13-11-15(20)21-18(22)24/h11,13,16H,3-10,12,14H2,1-2H3,(H2,20,21,24)/t16-,19+/m1/s1. The minimum absolute atomic E-state index is 0.173. The van der Waals surface area contributed by atoms with Crippen molar-refractivity contribution in [3.63, 3.8) is 0 Å². The molecule has 0 unspecified atom stereocenters. The van der Waals surface area contributed by atoms with E-state index < -0.39 is 17.5 Å². The Morgan fingerprint density at radius 3 is 2.85 bits per heavy atom. The first-order valence-corrected chi connectivity index (χ1v) is 9.68. The van der Waals surface area contributed by atoms with Crippen molar-refractivity contribution >= 4 is 11.8 Å². The van der Waals surface area contributed by atoms with Gasteiger partial charge in [-0.1, -0.05) is 39.5 Å². The van der Waals surface area contributed by atoms with Crippen LogP contribution in [0.5, 0.6) is 0 Å². The third-order valence-corrected chi connectivity index (χ3v) is 5.02. The van der Waals surface area contributed by atoms with Gasteiger partial charge in [0.05, 0.1) is 0 Å². The smallest absolute Gasteiger partial charge is 0.351 e. The monoisotopic (exact) mass is 365 g/mol. The summed E-state index contributed by atoms with van der Waals surface area (Å²) in [4.78, 5) is 27.7. The second-order valence-electron chi connectivity index (χ2n) is 7.01. The zero-order chi connectivity index (χ0) is 19.0. The molecule has 1 fully saturated rings. The van der Waals surface area contributed by atoms with Crippen LogP contribution in [0.15, 0.2) is 17.1 Å². The number of nitrogen functional groups attached to an aromatic ring is 1. The van der Waals surface area contributed by atoms with Crippen molar-refractivity contribution in [3.05, 3.63) is 22.7 Å². The van der Waals surface area contributed by atoms with E-state index in [-0.39, 0.29) is 18.4 Å². The fraction of sp³-hybridized carbons (Fsp3) is 0.737. The lowest BCUT2D eigenvalue weighted by Crippen LogP contribution is -2.36. The van der Waals surface area contributed by atoms with Gasteiger partial charge >= 0.3 is 11.7 Å². The summed E-state index contributed by atoms with van der Waals surface area (Å²) >= 11 is 0. The van der Waals surface area contributed by atoms with Crippen molar-refractivity contribution in [1.82, 2.24) is 9.55 Å². The van der Waals surface area contributed by atoms with Gasteiger partial charge in [-0.2, -0.15) is 4.98 Å². The summed E-state index contributed by atoms with van der Waals surface area (Å²) < 4.78 is 13.0. The third-order valence-electron chi connectivity index (χ3n) is 5.02. The predicted octanol–water partition coefficient (Wildman–Crippen LogP) is 3.19. The van der Waals surface area contributed by atoms with Crippen LogP contribution in [0.25, 0.3) is 0 Å². The summed E-state index contributed by atoms with van der Waals surface area (Å²) in [6.07, 6.45) is 9.27. The van der Waals surface area contributed by atoms with Crippen molar-refractivity contribution in [1.29, 1.82) is 0 Å². The van der Waals surface area contributed by atoms with E-state index in [2.05, 4.69) is 11.9 Å². The van der Waals surface area contributed by atoms with E-state index in [0.717, 1.165) is 25.7 Å². The lowest BCUT2D eigenvalue weighted by Gasteiger charge is -2.28. The Hall–Kier alpha value is -1.89. The van der Waals surface area contributed by atoms with Crippen LogP contribution in [0, 0.1) is 0 Å². The van der Waals surface area contributed by atoms with Gasteiger partial charge in [-0.25, -0.2) is 4.79 Å². The van der Waals surface area contributed by atoms with Crippen LogP contribution < -0.4 is 11.4 Å². The molecule has 0 spiro atoms. The number of nitrogens with zero attached hydrogens (tertiary/aromatic N) is 2. The van der Waals surface area contributed by atoms with Gasteiger partial charge in [-0.15, -0.1) is 0 Å². The molecule has 0 bridgehead atoms. The minimum atomic E-state index is -0.538. The number of hydrogen-bond donors (Lipinski definition) is 1. The molecule has 2 heterocycles. The number of carbonyl (C=O) groups is 1. The maximum absolute atomic E-state index is 12.0. The number of esters is 1. The van der Waals surface area contributed by atoms with Crippen molar-refractivity contribution in [2.45, 2.75) is 83.5 Å². The summed E-state index contributed by atoms with van der Waals surface area (Å²) in [6.45, 7) is 4.40. The van der Waals surface area contributed by atoms with Gasteiger partial charge in [0.15, 0.2) is 0 Å². The maximum atomic E-state index is 12.0.